The minimum absolute atomic E-state index is 0.0454. The molecular formula is C29H34FN3O6. The number of hydrogen-bond acceptors (Lipinski definition) is 7. The Bertz CT molecular complexity index is 1230. The number of amides is 2. The fourth-order valence-electron chi connectivity index (χ4n) is 5.46. The van der Waals surface area contributed by atoms with Crippen molar-refractivity contribution in [2.45, 2.75) is 57.6 Å². The average molecular weight is 540 g/mol. The highest BCUT2D eigenvalue weighted by Gasteiger charge is 2.53. The minimum Gasteiger partial charge on any atom is -0.442 e. The number of ether oxygens (including phenoxy) is 3. The van der Waals surface area contributed by atoms with Crippen LogP contribution in [-0.2, 0) is 23.8 Å². The van der Waals surface area contributed by atoms with Crippen molar-refractivity contribution in [3.05, 3.63) is 52.6 Å². The van der Waals surface area contributed by atoms with Gasteiger partial charge in [0.2, 0.25) is 5.91 Å². The third-order valence-electron chi connectivity index (χ3n) is 7.61. The Hall–Kier alpha value is -3.26. The average Bonchev–Trinajstić information content (AvgIpc) is 3.66. The molecule has 3 fully saturated rings. The van der Waals surface area contributed by atoms with E-state index < -0.39 is 36.2 Å². The summed E-state index contributed by atoms with van der Waals surface area (Å²) in [7, 11) is 0. The highest BCUT2D eigenvalue weighted by atomic mass is 19.1. The lowest BCUT2D eigenvalue weighted by Crippen LogP contribution is -2.52. The third kappa shape index (κ3) is 5.71. The van der Waals surface area contributed by atoms with Gasteiger partial charge in [-0.2, -0.15) is 0 Å². The van der Waals surface area contributed by atoms with Crippen LogP contribution in [0.4, 0.5) is 4.39 Å². The second kappa shape index (κ2) is 11.5. The molecule has 4 heterocycles. The number of Topliss-reactive ketones (excluding diaryl/α,β-unsaturated/α-hetero) is 1. The van der Waals surface area contributed by atoms with Gasteiger partial charge < -0.3 is 24.4 Å². The Morgan fingerprint density at radius 1 is 1.13 bits per heavy atom. The van der Waals surface area contributed by atoms with Crippen molar-refractivity contribution in [1.29, 1.82) is 0 Å². The molecule has 1 N–H and O–H groups in total. The SMILES string of the molecule is CC(C)CC(NC(=O)c1ccc(C2=C=C=C(C(C)N3CCOCC3)O2)cc1)C(=O)N1C[C@H](F)[C@H]2OCC(=O)[C@H]21. The number of rotatable bonds is 8. The third-order valence-corrected chi connectivity index (χ3v) is 7.61. The van der Waals surface area contributed by atoms with Gasteiger partial charge >= 0.3 is 0 Å². The fraction of sp³-hybridized carbons (Fsp3) is 0.552. The standard InChI is InChI=1S/C29H34FN3O6/c1-17(2)14-22(29(36)33-15-21(30)27-26(33)23(34)16-38-27)31-28(35)20-6-4-19(5-7-20)25-9-8-24(39-25)18(3)32-10-12-37-13-11-32/h4-7,17-18,21-22,26-27H,10-16H2,1-3H3,(H,31,35)/t18?,21-,22?,26+,27+/m0/s1. The molecule has 1 aromatic rings. The lowest BCUT2D eigenvalue weighted by molar-refractivity contribution is -0.138. The Morgan fingerprint density at radius 3 is 2.54 bits per heavy atom. The summed E-state index contributed by atoms with van der Waals surface area (Å²) in [6.07, 6.45) is -2.01. The first-order valence-electron chi connectivity index (χ1n) is 13.5. The predicted molar refractivity (Wildman–Crippen MR) is 139 cm³/mol. The lowest BCUT2D eigenvalue weighted by Gasteiger charge is -2.31. The molecule has 10 heteroatoms. The number of carbonyl (C=O) groups excluding carboxylic acids is 3. The van der Waals surface area contributed by atoms with Gasteiger partial charge in [0.05, 0.1) is 25.8 Å². The molecule has 0 aromatic heterocycles. The number of ketones is 1. The molecule has 0 aliphatic carbocycles. The van der Waals surface area contributed by atoms with Crippen LogP contribution in [0.1, 0.15) is 43.1 Å². The van der Waals surface area contributed by atoms with E-state index in [0.29, 0.717) is 36.7 Å². The maximum Gasteiger partial charge on any atom is 0.251 e. The second-order valence-electron chi connectivity index (χ2n) is 10.8. The Balaban J connectivity index is 1.25. The highest BCUT2D eigenvalue weighted by Crippen LogP contribution is 2.31. The molecule has 0 spiro atoms. The molecule has 0 saturated carbocycles. The van der Waals surface area contributed by atoms with Gasteiger partial charge in [-0.15, -0.1) is 0 Å². The van der Waals surface area contributed by atoms with E-state index >= 15 is 0 Å². The smallest absolute Gasteiger partial charge is 0.251 e. The number of carbonyl (C=O) groups is 3. The Morgan fingerprint density at radius 2 is 1.85 bits per heavy atom. The number of nitrogens with one attached hydrogen (secondary N) is 1. The van der Waals surface area contributed by atoms with Crippen LogP contribution in [0, 0.1) is 5.92 Å². The molecule has 0 radical (unpaired) electrons. The van der Waals surface area contributed by atoms with E-state index in [9.17, 15) is 18.8 Å². The van der Waals surface area contributed by atoms with Gasteiger partial charge in [-0.25, -0.2) is 4.39 Å². The molecule has 39 heavy (non-hydrogen) atoms. The molecule has 3 saturated heterocycles. The molecule has 1 aromatic carbocycles. The summed E-state index contributed by atoms with van der Waals surface area (Å²) < 4.78 is 31.2. The van der Waals surface area contributed by atoms with E-state index in [1.807, 2.05) is 13.8 Å². The molecule has 0 bridgehead atoms. The molecule has 5 rings (SSSR count). The summed E-state index contributed by atoms with van der Waals surface area (Å²) in [6.45, 7) is 8.54. The summed E-state index contributed by atoms with van der Waals surface area (Å²) >= 11 is 0. The summed E-state index contributed by atoms with van der Waals surface area (Å²) in [5.74, 6) is 0.0843. The van der Waals surface area contributed by atoms with E-state index in [0.717, 1.165) is 18.7 Å². The van der Waals surface area contributed by atoms with Gasteiger partial charge in [0.15, 0.2) is 17.3 Å². The largest absolute Gasteiger partial charge is 0.442 e. The number of halogens is 1. The van der Waals surface area contributed by atoms with Gasteiger partial charge in [0.1, 0.15) is 31.0 Å². The van der Waals surface area contributed by atoms with Crippen LogP contribution in [0.3, 0.4) is 0 Å². The second-order valence-corrected chi connectivity index (χ2v) is 10.8. The molecule has 4 aliphatic rings. The first kappa shape index (κ1) is 27.3. The lowest BCUT2D eigenvalue weighted by atomic mass is 10.0. The number of hydrogen-bond donors (Lipinski definition) is 1. The molecule has 9 nitrogen and oxygen atoms in total. The highest BCUT2D eigenvalue weighted by molar-refractivity contribution is 5.99. The maximum absolute atomic E-state index is 14.5. The number of fused-ring (bicyclic) bond motifs is 1. The van der Waals surface area contributed by atoms with Gasteiger partial charge in [0.25, 0.3) is 5.91 Å². The first-order chi connectivity index (χ1) is 18.7. The van der Waals surface area contributed by atoms with Crippen LogP contribution in [0.2, 0.25) is 0 Å². The van der Waals surface area contributed by atoms with Crippen LogP contribution >= 0.6 is 0 Å². The van der Waals surface area contributed by atoms with Crippen LogP contribution in [0.5, 0.6) is 0 Å². The first-order valence-corrected chi connectivity index (χ1v) is 13.5. The zero-order valence-electron chi connectivity index (χ0n) is 22.4. The van der Waals surface area contributed by atoms with E-state index in [1.54, 1.807) is 24.3 Å². The van der Waals surface area contributed by atoms with Crippen molar-refractivity contribution >= 4 is 23.4 Å². The minimum atomic E-state index is -1.43. The zero-order valence-corrected chi connectivity index (χ0v) is 22.4. The number of nitrogens with zero attached hydrogens (tertiary/aromatic N) is 2. The molecule has 208 valence electrons. The zero-order chi connectivity index (χ0) is 27.7. The van der Waals surface area contributed by atoms with Crippen LogP contribution < -0.4 is 5.32 Å². The summed E-state index contributed by atoms with van der Waals surface area (Å²) in [5, 5.41) is 2.81. The topological polar surface area (TPSA) is 97.4 Å². The van der Waals surface area contributed by atoms with Gasteiger partial charge in [-0.3, -0.25) is 19.3 Å². The number of likely N-dealkylation sites (tertiary alicyclic amines) is 1. The van der Waals surface area contributed by atoms with Crippen molar-refractivity contribution in [3.63, 3.8) is 0 Å². The molecular weight excluding hydrogens is 505 g/mol. The summed E-state index contributed by atoms with van der Waals surface area (Å²) in [5.41, 5.74) is 7.24. The number of morpholine rings is 1. The number of benzene rings is 1. The monoisotopic (exact) mass is 539 g/mol. The van der Waals surface area contributed by atoms with Crippen molar-refractivity contribution < 1.29 is 33.0 Å². The molecule has 2 unspecified atom stereocenters. The Kier molecular flexibility index (Phi) is 8.03. The van der Waals surface area contributed by atoms with Crippen LogP contribution in [0.25, 0.3) is 5.76 Å². The van der Waals surface area contributed by atoms with Crippen molar-refractivity contribution in [2.24, 2.45) is 5.92 Å². The van der Waals surface area contributed by atoms with Crippen molar-refractivity contribution in [3.8, 4) is 0 Å². The van der Waals surface area contributed by atoms with E-state index in [4.69, 9.17) is 14.2 Å². The quantitative estimate of drug-likeness (QED) is 0.506. The number of alkyl halides is 1. The van der Waals surface area contributed by atoms with Crippen LogP contribution in [0.15, 0.2) is 41.5 Å². The van der Waals surface area contributed by atoms with E-state index in [1.165, 1.54) is 4.90 Å². The molecule has 2 amide bonds. The van der Waals surface area contributed by atoms with Crippen molar-refractivity contribution in [1.82, 2.24) is 15.1 Å². The fourth-order valence-corrected chi connectivity index (χ4v) is 5.46. The van der Waals surface area contributed by atoms with Gasteiger partial charge in [0, 0.05) is 24.2 Å². The predicted octanol–water partition coefficient (Wildman–Crippen LogP) is 2.08. The maximum atomic E-state index is 14.5. The van der Waals surface area contributed by atoms with E-state index in [-0.39, 0.29) is 30.9 Å². The Labute approximate surface area is 227 Å². The van der Waals surface area contributed by atoms with Crippen molar-refractivity contribution in [2.75, 3.05) is 39.5 Å². The van der Waals surface area contributed by atoms with Gasteiger partial charge in [-0.05, 0) is 55.0 Å². The molecule has 4 aliphatic heterocycles. The van der Waals surface area contributed by atoms with E-state index in [2.05, 4.69) is 28.6 Å². The normalized spacial score (nSPS) is 26.2. The molecule has 5 atom stereocenters. The van der Waals surface area contributed by atoms with Crippen LogP contribution in [-0.4, -0.2) is 97.3 Å². The summed E-state index contributed by atoms with van der Waals surface area (Å²) in [4.78, 5) is 42.3. The van der Waals surface area contributed by atoms with Gasteiger partial charge in [-0.1, -0.05) is 13.8 Å². The summed E-state index contributed by atoms with van der Waals surface area (Å²) in [6, 6.07) is 5.04.